The maximum absolute atomic E-state index is 12.2. The highest BCUT2D eigenvalue weighted by atomic mass is 35.5. The van der Waals surface area contributed by atoms with Crippen molar-refractivity contribution in [2.24, 2.45) is 0 Å². The molecule has 0 atom stereocenters. The van der Waals surface area contributed by atoms with E-state index < -0.39 is 0 Å². The second-order valence-electron chi connectivity index (χ2n) is 4.53. The molecule has 21 heavy (non-hydrogen) atoms. The molecule has 0 saturated heterocycles. The van der Waals surface area contributed by atoms with Gasteiger partial charge in [-0.3, -0.25) is 14.8 Å². The number of rotatable bonds is 2. The van der Waals surface area contributed by atoms with E-state index in [0.29, 0.717) is 22.1 Å². The maximum Gasteiger partial charge on any atom is 0.255 e. The summed E-state index contributed by atoms with van der Waals surface area (Å²) in [5.41, 5.74) is 3.31. The molecule has 0 radical (unpaired) electrons. The Morgan fingerprint density at radius 3 is 2.62 bits per heavy atom. The molecule has 0 spiro atoms. The lowest BCUT2D eigenvalue weighted by Crippen LogP contribution is -2.12. The van der Waals surface area contributed by atoms with Crippen LogP contribution >= 0.6 is 11.6 Å². The lowest BCUT2D eigenvalue weighted by Gasteiger charge is -2.07. The first-order chi connectivity index (χ1) is 10.1. The van der Waals surface area contributed by atoms with Crippen LogP contribution in [0.5, 0.6) is 0 Å². The Bertz CT molecular complexity index is 815. The molecular weight excluding hydrogens is 288 g/mol. The molecule has 0 bridgehead atoms. The van der Waals surface area contributed by atoms with Gasteiger partial charge in [0.15, 0.2) is 0 Å². The van der Waals surface area contributed by atoms with E-state index in [4.69, 9.17) is 11.6 Å². The third-order valence-corrected chi connectivity index (χ3v) is 3.11. The molecule has 0 aliphatic heterocycles. The molecule has 0 saturated carbocycles. The van der Waals surface area contributed by atoms with Crippen molar-refractivity contribution >= 4 is 34.2 Å². The fourth-order valence-corrected chi connectivity index (χ4v) is 2.25. The summed E-state index contributed by atoms with van der Waals surface area (Å²) in [6.07, 6.45) is 3.24. The number of benzene rings is 1. The predicted octanol–water partition coefficient (Wildman–Crippen LogP) is 3.24. The lowest BCUT2D eigenvalue weighted by atomic mass is 10.2. The monoisotopic (exact) mass is 298 g/mol. The number of hydrogen-bond acceptors (Lipinski definition) is 4. The van der Waals surface area contributed by atoms with Crippen molar-refractivity contribution < 1.29 is 4.79 Å². The third kappa shape index (κ3) is 2.98. The summed E-state index contributed by atoms with van der Waals surface area (Å²) in [4.78, 5) is 24.6. The summed E-state index contributed by atoms with van der Waals surface area (Å²) in [5.74, 6) is -0.245. The van der Waals surface area contributed by atoms with Crippen molar-refractivity contribution in [3.05, 3.63) is 59.1 Å². The zero-order valence-electron chi connectivity index (χ0n) is 11.2. The SMILES string of the molecule is Cc1cc(C(=O)Nc2ccc3nccnc3c2)cc(Cl)n1. The number of pyridine rings is 1. The Kier molecular flexibility index (Phi) is 3.50. The summed E-state index contributed by atoms with van der Waals surface area (Å²) in [6.45, 7) is 1.79. The first-order valence-electron chi connectivity index (χ1n) is 6.28. The highest BCUT2D eigenvalue weighted by Crippen LogP contribution is 2.17. The summed E-state index contributed by atoms with van der Waals surface area (Å²) < 4.78 is 0. The third-order valence-electron chi connectivity index (χ3n) is 2.91. The Morgan fingerprint density at radius 1 is 1.10 bits per heavy atom. The highest BCUT2D eigenvalue weighted by molar-refractivity contribution is 6.29. The summed E-state index contributed by atoms with van der Waals surface area (Å²) in [5, 5.41) is 3.11. The second-order valence-corrected chi connectivity index (χ2v) is 4.92. The highest BCUT2D eigenvalue weighted by Gasteiger charge is 2.09. The number of anilines is 1. The van der Waals surface area contributed by atoms with Gasteiger partial charge in [-0.15, -0.1) is 0 Å². The zero-order valence-corrected chi connectivity index (χ0v) is 11.9. The van der Waals surface area contributed by atoms with E-state index in [2.05, 4.69) is 20.3 Å². The molecule has 2 heterocycles. The average molecular weight is 299 g/mol. The normalized spacial score (nSPS) is 10.6. The minimum Gasteiger partial charge on any atom is -0.322 e. The number of halogens is 1. The smallest absolute Gasteiger partial charge is 0.255 e. The van der Waals surface area contributed by atoms with Crippen LogP contribution in [0.15, 0.2) is 42.7 Å². The van der Waals surface area contributed by atoms with E-state index in [-0.39, 0.29) is 5.91 Å². The van der Waals surface area contributed by atoms with Crippen molar-refractivity contribution in [2.75, 3.05) is 5.32 Å². The molecule has 6 heteroatoms. The number of hydrogen-bond donors (Lipinski definition) is 1. The summed E-state index contributed by atoms with van der Waals surface area (Å²) in [6, 6.07) is 8.58. The van der Waals surface area contributed by atoms with Crippen LogP contribution < -0.4 is 5.32 Å². The van der Waals surface area contributed by atoms with Gasteiger partial charge in [0.05, 0.1) is 11.0 Å². The average Bonchev–Trinajstić information content (AvgIpc) is 2.46. The molecule has 0 aliphatic carbocycles. The van der Waals surface area contributed by atoms with Crippen LogP contribution in [0.2, 0.25) is 5.15 Å². The fourth-order valence-electron chi connectivity index (χ4n) is 2.00. The fraction of sp³-hybridized carbons (Fsp3) is 0.0667. The van der Waals surface area contributed by atoms with Crippen LogP contribution in [0.25, 0.3) is 11.0 Å². The molecule has 1 N–H and O–H groups in total. The lowest BCUT2D eigenvalue weighted by molar-refractivity contribution is 0.102. The number of carbonyl (C=O) groups excluding carboxylic acids is 1. The van der Waals surface area contributed by atoms with Gasteiger partial charge in [-0.25, -0.2) is 4.98 Å². The molecule has 5 nitrogen and oxygen atoms in total. The van der Waals surface area contributed by atoms with Crippen molar-refractivity contribution in [3.8, 4) is 0 Å². The Morgan fingerprint density at radius 2 is 1.86 bits per heavy atom. The molecule has 1 aromatic carbocycles. The molecule has 104 valence electrons. The van der Waals surface area contributed by atoms with E-state index >= 15 is 0 Å². The van der Waals surface area contributed by atoms with E-state index in [0.717, 1.165) is 11.0 Å². The number of nitrogens with one attached hydrogen (secondary N) is 1. The summed E-state index contributed by atoms with van der Waals surface area (Å²) in [7, 11) is 0. The van der Waals surface area contributed by atoms with Gasteiger partial charge in [0, 0.05) is 29.3 Å². The molecule has 0 fully saturated rings. The Balaban J connectivity index is 1.88. The standard InChI is InChI=1S/C15H11ClN4O/c1-9-6-10(7-14(16)19-9)15(21)20-11-2-3-12-13(8-11)18-5-4-17-12/h2-8H,1H3,(H,20,21). The molecule has 2 aromatic heterocycles. The number of aromatic nitrogens is 3. The molecule has 0 aliphatic rings. The Hall–Kier alpha value is -2.53. The van der Waals surface area contributed by atoms with E-state index in [9.17, 15) is 4.79 Å². The quantitative estimate of drug-likeness (QED) is 0.738. The number of aryl methyl sites for hydroxylation is 1. The van der Waals surface area contributed by atoms with Crippen LogP contribution in [0.3, 0.4) is 0 Å². The summed E-state index contributed by atoms with van der Waals surface area (Å²) >= 11 is 5.87. The van der Waals surface area contributed by atoms with Crippen molar-refractivity contribution in [1.82, 2.24) is 15.0 Å². The van der Waals surface area contributed by atoms with Crippen LogP contribution in [0.4, 0.5) is 5.69 Å². The van der Waals surface area contributed by atoms with Crippen molar-refractivity contribution in [3.63, 3.8) is 0 Å². The van der Waals surface area contributed by atoms with Crippen LogP contribution in [0, 0.1) is 6.92 Å². The zero-order chi connectivity index (χ0) is 14.8. The first kappa shape index (κ1) is 13.5. The number of fused-ring (bicyclic) bond motifs is 1. The topological polar surface area (TPSA) is 67.8 Å². The van der Waals surface area contributed by atoms with E-state index in [1.807, 2.05) is 6.07 Å². The molecular formula is C15H11ClN4O. The van der Waals surface area contributed by atoms with Crippen molar-refractivity contribution in [2.45, 2.75) is 6.92 Å². The van der Waals surface area contributed by atoms with Gasteiger partial charge in [0.2, 0.25) is 0 Å². The van der Waals surface area contributed by atoms with Crippen LogP contribution in [0.1, 0.15) is 16.1 Å². The number of amides is 1. The van der Waals surface area contributed by atoms with Gasteiger partial charge in [0.25, 0.3) is 5.91 Å². The van der Waals surface area contributed by atoms with Gasteiger partial charge < -0.3 is 5.32 Å². The van der Waals surface area contributed by atoms with Gasteiger partial charge in [-0.05, 0) is 37.3 Å². The van der Waals surface area contributed by atoms with Gasteiger partial charge in [-0.2, -0.15) is 0 Å². The molecule has 3 aromatic rings. The first-order valence-corrected chi connectivity index (χ1v) is 6.66. The van der Waals surface area contributed by atoms with Crippen LogP contribution in [-0.2, 0) is 0 Å². The maximum atomic E-state index is 12.2. The predicted molar refractivity (Wildman–Crippen MR) is 81.5 cm³/mol. The molecule has 1 amide bonds. The minimum absolute atomic E-state index is 0.245. The molecule has 0 unspecified atom stereocenters. The van der Waals surface area contributed by atoms with Crippen LogP contribution in [-0.4, -0.2) is 20.9 Å². The van der Waals surface area contributed by atoms with E-state index in [1.54, 1.807) is 37.5 Å². The molecule has 3 rings (SSSR count). The Labute approximate surface area is 126 Å². The van der Waals surface area contributed by atoms with Crippen molar-refractivity contribution in [1.29, 1.82) is 0 Å². The second kappa shape index (κ2) is 5.46. The number of nitrogens with zero attached hydrogens (tertiary/aromatic N) is 3. The van der Waals surface area contributed by atoms with E-state index in [1.165, 1.54) is 6.07 Å². The largest absolute Gasteiger partial charge is 0.322 e. The van der Waals surface area contributed by atoms with Gasteiger partial charge in [-0.1, -0.05) is 11.6 Å². The van der Waals surface area contributed by atoms with Gasteiger partial charge in [0.1, 0.15) is 5.15 Å². The van der Waals surface area contributed by atoms with Gasteiger partial charge >= 0.3 is 0 Å². The number of carbonyl (C=O) groups is 1. The minimum atomic E-state index is -0.245.